The van der Waals surface area contributed by atoms with Crippen LogP contribution in [0.4, 0.5) is 10.5 Å². The molecule has 174 valence electrons. The first-order chi connectivity index (χ1) is 16.5. The number of rotatable bonds is 8. The number of amides is 2. The average Bonchev–Trinajstić information content (AvgIpc) is 3.16. The van der Waals surface area contributed by atoms with Gasteiger partial charge < -0.3 is 15.4 Å². The molecule has 3 aromatic rings. The zero-order chi connectivity index (χ0) is 24.1. The van der Waals surface area contributed by atoms with Gasteiger partial charge in [-0.1, -0.05) is 66.7 Å². The molecule has 0 bridgehead atoms. The normalized spacial score (nSPS) is 12.9. The lowest BCUT2D eigenvalue weighted by Crippen LogP contribution is -2.35. The van der Waals surface area contributed by atoms with E-state index >= 15 is 0 Å². The highest BCUT2D eigenvalue weighted by Crippen LogP contribution is 2.44. The van der Waals surface area contributed by atoms with Gasteiger partial charge in [0.2, 0.25) is 5.91 Å². The summed E-state index contributed by atoms with van der Waals surface area (Å²) in [5.74, 6) is -0.448. The van der Waals surface area contributed by atoms with Crippen LogP contribution in [0.5, 0.6) is 0 Å². The molecule has 2 N–H and O–H groups in total. The van der Waals surface area contributed by atoms with Crippen LogP contribution in [-0.4, -0.2) is 30.1 Å². The van der Waals surface area contributed by atoms with Crippen LogP contribution in [0.15, 0.2) is 72.8 Å². The van der Waals surface area contributed by atoms with Gasteiger partial charge in [0.1, 0.15) is 6.61 Å². The molecule has 1 aliphatic carbocycles. The van der Waals surface area contributed by atoms with Gasteiger partial charge in [-0.15, -0.1) is 0 Å². The van der Waals surface area contributed by atoms with Crippen LogP contribution in [0.25, 0.3) is 11.1 Å². The molecule has 0 saturated heterocycles. The number of alkyl carbamates (subject to hydrolysis) is 1. The van der Waals surface area contributed by atoms with Gasteiger partial charge in [0.05, 0.1) is 22.9 Å². The predicted molar refractivity (Wildman–Crippen MR) is 127 cm³/mol. The van der Waals surface area contributed by atoms with Gasteiger partial charge in [0.25, 0.3) is 5.69 Å². The van der Waals surface area contributed by atoms with Crippen LogP contribution in [0.1, 0.15) is 42.0 Å². The van der Waals surface area contributed by atoms with Gasteiger partial charge in [-0.2, -0.15) is 0 Å². The Morgan fingerprint density at radius 1 is 0.971 bits per heavy atom. The number of fused-ring (bicyclic) bond motifs is 3. The number of carbonyl (C=O) groups is 2. The topological polar surface area (TPSA) is 111 Å². The number of nitro benzene ring substituents is 1. The molecule has 0 spiro atoms. The fraction of sp³-hybridized carbons (Fsp3) is 0.231. The highest BCUT2D eigenvalue weighted by Gasteiger charge is 2.30. The van der Waals surface area contributed by atoms with E-state index in [4.69, 9.17) is 4.74 Å². The number of nitrogens with zero attached hydrogens (tertiary/aromatic N) is 1. The Labute approximate surface area is 197 Å². The van der Waals surface area contributed by atoms with Gasteiger partial charge in [0, 0.05) is 18.5 Å². The minimum absolute atomic E-state index is 0.102. The maximum absolute atomic E-state index is 12.8. The van der Waals surface area contributed by atoms with Crippen LogP contribution in [0.2, 0.25) is 0 Å². The summed E-state index contributed by atoms with van der Waals surface area (Å²) < 4.78 is 5.58. The van der Waals surface area contributed by atoms with Crippen LogP contribution in [-0.2, 0) is 9.53 Å². The summed E-state index contributed by atoms with van der Waals surface area (Å²) in [5, 5.41) is 16.8. The maximum atomic E-state index is 12.8. The molecule has 0 saturated carbocycles. The molecule has 8 nitrogen and oxygen atoms in total. The van der Waals surface area contributed by atoms with Gasteiger partial charge in [-0.05, 0) is 29.2 Å². The van der Waals surface area contributed by atoms with Crippen molar-refractivity contribution in [1.82, 2.24) is 10.6 Å². The molecule has 2 amide bonds. The monoisotopic (exact) mass is 459 g/mol. The number of para-hydroxylation sites is 1. The van der Waals surface area contributed by atoms with Crippen molar-refractivity contribution in [2.75, 3.05) is 13.2 Å². The molecule has 3 aromatic carbocycles. The first-order valence-corrected chi connectivity index (χ1v) is 11.1. The van der Waals surface area contributed by atoms with Gasteiger partial charge in [0.15, 0.2) is 0 Å². The first kappa shape index (κ1) is 23.0. The van der Waals surface area contributed by atoms with E-state index in [1.165, 1.54) is 18.2 Å². The van der Waals surface area contributed by atoms with E-state index in [0.29, 0.717) is 6.54 Å². The SMILES string of the molecule is CCNC(=O)C[C@@H](NC(=O)OCC1c2ccccc2-c2ccccc21)c1ccccc1[N+](=O)[O-]. The number of hydrogen-bond acceptors (Lipinski definition) is 5. The fourth-order valence-corrected chi connectivity index (χ4v) is 4.42. The highest BCUT2D eigenvalue weighted by atomic mass is 16.6. The molecule has 0 radical (unpaired) electrons. The van der Waals surface area contributed by atoms with Crippen LogP contribution in [0, 0.1) is 10.1 Å². The summed E-state index contributed by atoms with van der Waals surface area (Å²) in [6.45, 7) is 2.29. The number of hydrogen-bond donors (Lipinski definition) is 2. The Morgan fingerprint density at radius 2 is 1.56 bits per heavy atom. The van der Waals surface area contributed by atoms with Crippen molar-refractivity contribution < 1.29 is 19.2 Å². The molecule has 0 fully saturated rings. The number of ether oxygens (including phenoxy) is 1. The van der Waals surface area contributed by atoms with Crippen LogP contribution in [0.3, 0.4) is 0 Å². The van der Waals surface area contributed by atoms with E-state index in [1.54, 1.807) is 13.0 Å². The van der Waals surface area contributed by atoms with E-state index in [1.807, 2.05) is 48.5 Å². The van der Waals surface area contributed by atoms with Crippen molar-refractivity contribution in [1.29, 1.82) is 0 Å². The smallest absolute Gasteiger partial charge is 0.407 e. The third-order valence-corrected chi connectivity index (χ3v) is 5.91. The van der Waals surface area contributed by atoms with Gasteiger partial charge in [-0.3, -0.25) is 14.9 Å². The van der Waals surface area contributed by atoms with Crippen LogP contribution >= 0.6 is 0 Å². The Kier molecular flexibility index (Phi) is 6.87. The predicted octanol–water partition coefficient (Wildman–Crippen LogP) is 4.70. The lowest BCUT2D eigenvalue weighted by Gasteiger charge is -2.20. The van der Waals surface area contributed by atoms with Crippen molar-refractivity contribution in [3.63, 3.8) is 0 Å². The Balaban J connectivity index is 1.52. The third kappa shape index (κ3) is 4.76. The zero-order valence-corrected chi connectivity index (χ0v) is 18.7. The molecule has 1 aliphatic rings. The van der Waals surface area contributed by atoms with E-state index < -0.39 is 17.1 Å². The van der Waals surface area contributed by atoms with Crippen molar-refractivity contribution in [3.8, 4) is 11.1 Å². The summed E-state index contributed by atoms with van der Waals surface area (Å²) in [6, 6.07) is 21.1. The van der Waals surface area contributed by atoms with E-state index in [0.717, 1.165) is 22.3 Å². The average molecular weight is 460 g/mol. The summed E-state index contributed by atoms with van der Waals surface area (Å²) in [7, 11) is 0. The molecule has 34 heavy (non-hydrogen) atoms. The first-order valence-electron chi connectivity index (χ1n) is 11.1. The number of carbonyl (C=O) groups excluding carboxylic acids is 2. The minimum atomic E-state index is -0.913. The summed E-state index contributed by atoms with van der Waals surface area (Å²) >= 11 is 0. The molecule has 0 aliphatic heterocycles. The molecule has 0 heterocycles. The molecule has 4 rings (SSSR count). The second-order valence-electron chi connectivity index (χ2n) is 8.00. The van der Waals surface area contributed by atoms with Gasteiger partial charge in [-0.25, -0.2) is 4.79 Å². The van der Waals surface area contributed by atoms with Crippen molar-refractivity contribution in [2.24, 2.45) is 0 Å². The molecule has 8 heteroatoms. The largest absolute Gasteiger partial charge is 0.449 e. The Hall–Kier alpha value is -4.20. The molecular weight excluding hydrogens is 434 g/mol. The van der Waals surface area contributed by atoms with E-state index in [-0.39, 0.29) is 36.1 Å². The number of nitro groups is 1. The lowest BCUT2D eigenvalue weighted by atomic mass is 9.98. The van der Waals surface area contributed by atoms with Crippen molar-refractivity contribution in [3.05, 3.63) is 99.6 Å². The zero-order valence-electron chi connectivity index (χ0n) is 18.7. The third-order valence-electron chi connectivity index (χ3n) is 5.91. The standard InChI is InChI=1S/C26H25N3O5/c1-2-27-25(30)15-23(21-13-7-8-14-24(21)29(32)33)28-26(31)34-16-22-19-11-5-3-9-17(19)18-10-4-6-12-20(18)22/h3-14,22-23H,2,15-16H2,1H3,(H,27,30)(H,28,31)/t23-/m1/s1. The Bertz CT molecular complexity index is 1180. The minimum Gasteiger partial charge on any atom is -0.449 e. The summed E-state index contributed by atoms with van der Waals surface area (Å²) in [4.78, 5) is 36.0. The van der Waals surface area contributed by atoms with Crippen molar-refractivity contribution >= 4 is 17.7 Å². The molecule has 0 aromatic heterocycles. The quantitative estimate of drug-likeness (QED) is 0.375. The van der Waals surface area contributed by atoms with E-state index in [9.17, 15) is 19.7 Å². The van der Waals surface area contributed by atoms with E-state index in [2.05, 4.69) is 10.6 Å². The number of nitrogens with one attached hydrogen (secondary N) is 2. The van der Waals surface area contributed by atoms with Crippen LogP contribution < -0.4 is 10.6 Å². The maximum Gasteiger partial charge on any atom is 0.407 e. The molecular formula is C26H25N3O5. The fourth-order valence-electron chi connectivity index (χ4n) is 4.42. The summed E-state index contributed by atoms with van der Waals surface area (Å²) in [6.07, 6.45) is -0.891. The summed E-state index contributed by atoms with van der Waals surface area (Å²) in [5.41, 5.74) is 4.45. The molecule has 0 unspecified atom stereocenters. The Morgan fingerprint density at radius 3 is 2.18 bits per heavy atom. The lowest BCUT2D eigenvalue weighted by molar-refractivity contribution is -0.385. The van der Waals surface area contributed by atoms with Gasteiger partial charge >= 0.3 is 6.09 Å². The number of benzene rings is 3. The highest BCUT2D eigenvalue weighted by molar-refractivity contribution is 5.80. The van der Waals surface area contributed by atoms with Crippen molar-refractivity contribution in [2.45, 2.75) is 25.3 Å². The molecule has 1 atom stereocenters. The second-order valence-corrected chi connectivity index (χ2v) is 8.00. The second kappa shape index (κ2) is 10.2.